The van der Waals surface area contributed by atoms with Crippen molar-refractivity contribution >= 4 is 11.3 Å². The fourth-order valence-electron chi connectivity index (χ4n) is 1.14. The predicted octanol–water partition coefficient (Wildman–Crippen LogP) is 2.76. The molecule has 0 aliphatic rings. The number of hydrogen-bond donors (Lipinski definition) is 0. The number of methoxy groups -OCH3 is 1. The maximum Gasteiger partial charge on any atom is 0.165 e. The Morgan fingerprint density at radius 2 is 2.36 bits per heavy atom. The van der Waals surface area contributed by atoms with E-state index in [4.69, 9.17) is 4.74 Å². The van der Waals surface area contributed by atoms with E-state index in [2.05, 4.69) is 10.5 Å². The number of rotatable bonds is 2. The summed E-state index contributed by atoms with van der Waals surface area (Å²) in [6.45, 7) is 0. The fraction of sp³-hybridized carbons (Fsp3) is 0.100. The van der Waals surface area contributed by atoms with E-state index >= 15 is 0 Å². The van der Waals surface area contributed by atoms with Gasteiger partial charge in [-0.2, -0.15) is 0 Å². The molecule has 1 aromatic heterocycles. The highest BCUT2D eigenvalue weighted by Crippen LogP contribution is 2.24. The minimum absolute atomic E-state index is 0.243. The normalized spacial score (nSPS) is 10.1. The number of ether oxygens (including phenoxy) is 1. The molecule has 0 fully saturated rings. The summed E-state index contributed by atoms with van der Waals surface area (Å²) in [6, 6.07) is 4.76. The van der Waals surface area contributed by atoms with Crippen molar-refractivity contribution in [2.75, 3.05) is 7.11 Å². The Hall–Kier alpha value is -1.42. The van der Waals surface area contributed by atoms with Gasteiger partial charge in [-0.3, -0.25) is 0 Å². The Bertz CT molecular complexity index is 428. The summed E-state index contributed by atoms with van der Waals surface area (Å²) in [4.78, 5) is 3.97. The summed E-state index contributed by atoms with van der Waals surface area (Å²) < 4.78 is 18.1. The first-order chi connectivity index (χ1) is 6.81. The quantitative estimate of drug-likeness (QED) is 0.757. The van der Waals surface area contributed by atoms with Crippen LogP contribution >= 0.6 is 11.3 Å². The molecule has 14 heavy (non-hydrogen) atoms. The molecule has 0 aliphatic heterocycles. The van der Waals surface area contributed by atoms with Crippen LogP contribution in [0.4, 0.5) is 4.39 Å². The molecule has 0 unspecified atom stereocenters. The van der Waals surface area contributed by atoms with Crippen LogP contribution < -0.4 is 4.74 Å². The molecule has 0 saturated heterocycles. The van der Waals surface area contributed by atoms with Crippen molar-refractivity contribution in [1.82, 2.24) is 4.98 Å². The topological polar surface area (TPSA) is 22.1 Å². The van der Waals surface area contributed by atoms with Crippen LogP contribution in [0.25, 0.3) is 11.3 Å². The van der Waals surface area contributed by atoms with Gasteiger partial charge in [-0.05, 0) is 18.2 Å². The molecule has 0 amide bonds. The zero-order valence-corrected chi connectivity index (χ0v) is 8.27. The molecular weight excluding hydrogens is 201 g/mol. The lowest BCUT2D eigenvalue weighted by atomic mass is 10.1. The standard InChI is InChI=1S/C10H7FNOS/c1-13-10-3-2-7(4-8(10)11)9-5-14-6-12-9/h2-5H,1H3. The third-order valence-electron chi connectivity index (χ3n) is 1.84. The van der Waals surface area contributed by atoms with Gasteiger partial charge in [0.15, 0.2) is 17.1 Å². The SMILES string of the molecule is COc1ccc(-c2cs[c]n2)cc1F. The zero-order chi connectivity index (χ0) is 9.97. The van der Waals surface area contributed by atoms with Crippen molar-refractivity contribution in [2.45, 2.75) is 0 Å². The maximum absolute atomic E-state index is 13.3. The van der Waals surface area contributed by atoms with Crippen LogP contribution in [0.15, 0.2) is 23.6 Å². The lowest BCUT2D eigenvalue weighted by Crippen LogP contribution is -1.88. The first kappa shape index (κ1) is 9.15. The van der Waals surface area contributed by atoms with Crippen LogP contribution in [0.5, 0.6) is 5.75 Å². The third-order valence-corrected chi connectivity index (χ3v) is 2.37. The maximum atomic E-state index is 13.3. The highest BCUT2D eigenvalue weighted by atomic mass is 32.1. The lowest BCUT2D eigenvalue weighted by Gasteiger charge is -2.02. The van der Waals surface area contributed by atoms with E-state index in [0.29, 0.717) is 0 Å². The summed E-state index contributed by atoms with van der Waals surface area (Å²) >= 11 is 1.36. The number of nitrogens with zero attached hydrogens (tertiary/aromatic N) is 1. The molecule has 0 bridgehead atoms. The van der Waals surface area contributed by atoms with Crippen molar-refractivity contribution in [3.05, 3.63) is 34.9 Å². The second kappa shape index (κ2) is 3.75. The van der Waals surface area contributed by atoms with Gasteiger partial charge in [0.1, 0.15) is 0 Å². The van der Waals surface area contributed by atoms with Crippen molar-refractivity contribution in [3.63, 3.8) is 0 Å². The van der Waals surface area contributed by atoms with Crippen LogP contribution in [0.1, 0.15) is 0 Å². The van der Waals surface area contributed by atoms with E-state index in [-0.39, 0.29) is 11.6 Å². The average molecular weight is 208 g/mol. The molecule has 2 aromatic rings. The van der Waals surface area contributed by atoms with Gasteiger partial charge in [0, 0.05) is 10.9 Å². The van der Waals surface area contributed by atoms with Gasteiger partial charge in [-0.15, -0.1) is 11.3 Å². The van der Waals surface area contributed by atoms with Crippen LogP contribution in [-0.4, -0.2) is 12.1 Å². The molecule has 1 aromatic carbocycles. The van der Waals surface area contributed by atoms with Gasteiger partial charge in [0.25, 0.3) is 0 Å². The highest BCUT2D eigenvalue weighted by molar-refractivity contribution is 7.07. The number of thiazole rings is 1. The van der Waals surface area contributed by atoms with Gasteiger partial charge in [-0.25, -0.2) is 9.37 Å². The minimum atomic E-state index is -0.377. The Morgan fingerprint density at radius 3 is 2.93 bits per heavy atom. The summed E-state index contributed by atoms with van der Waals surface area (Å²) in [5, 5.41) is 1.82. The zero-order valence-electron chi connectivity index (χ0n) is 7.45. The molecule has 0 saturated carbocycles. The van der Waals surface area contributed by atoms with Crippen LogP contribution in [0.2, 0.25) is 0 Å². The molecule has 0 aliphatic carbocycles. The molecule has 71 valence electrons. The largest absolute Gasteiger partial charge is 0.494 e. The van der Waals surface area contributed by atoms with E-state index in [1.165, 1.54) is 24.5 Å². The number of halogens is 1. The van der Waals surface area contributed by atoms with E-state index in [0.717, 1.165) is 11.3 Å². The first-order valence-electron chi connectivity index (χ1n) is 3.97. The number of hydrogen-bond acceptors (Lipinski definition) is 3. The average Bonchev–Trinajstić information content (AvgIpc) is 2.70. The summed E-state index contributed by atoms with van der Waals surface area (Å²) in [5.41, 5.74) is 4.18. The predicted molar refractivity (Wildman–Crippen MR) is 52.9 cm³/mol. The second-order valence-corrected chi connectivity index (χ2v) is 3.33. The van der Waals surface area contributed by atoms with E-state index in [1.807, 2.05) is 5.38 Å². The van der Waals surface area contributed by atoms with Gasteiger partial charge < -0.3 is 4.74 Å². The smallest absolute Gasteiger partial charge is 0.165 e. The Labute approximate surface area is 85.0 Å². The number of benzene rings is 1. The summed E-state index contributed by atoms with van der Waals surface area (Å²) in [6.07, 6.45) is 0. The molecule has 0 N–H and O–H groups in total. The van der Waals surface area contributed by atoms with Crippen molar-refractivity contribution < 1.29 is 9.13 Å². The summed E-state index contributed by atoms with van der Waals surface area (Å²) in [5.74, 6) is -0.133. The molecule has 0 spiro atoms. The molecule has 1 radical (unpaired) electrons. The van der Waals surface area contributed by atoms with Crippen molar-refractivity contribution in [1.29, 1.82) is 0 Å². The van der Waals surface area contributed by atoms with E-state index in [9.17, 15) is 4.39 Å². The first-order valence-corrected chi connectivity index (χ1v) is 4.84. The second-order valence-electron chi connectivity index (χ2n) is 2.67. The van der Waals surface area contributed by atoms with Gasteiger partial charge in [0.2, 0.25) is 0 Å². The van der Waals surface area contributed by atoms with Crippen LogP contribution in [0, 0.1) is 11.3 Å². The van der Waals surface area contributed by atoms with E-state index in [1.54, 1.807) is 12.1 Å². The third kappa shape index (κ3) is 1.61. The molecule has 0 atom stereocenters. The molecule has 4 heteroatoms. The Morgan fingerprint density at radius 1 is 1.50 bits per heavy atom. The Balaban J connectivity index is 2.43. The fourth-order valence-corrected chi connectivity index (χ4v) is 1.65. The number of aromatic nitrogens is 1. The van der Waals surface area contributed by atoms with E-state index < -0.39 is 0 Å². The van der Waals surface area contributed by atoms with Crippen molar-refractivity contribution in [3.8, 4) is 17.0 Å². The molecule has 2 nitrogen and oxygen atoms in total. The van der Waals surface area contributed by atoms with Gasteiger partial charge in [0.05, 0.1) is 12.8 Å². The molecule has 2 rings (SSSR count). The van der Waals surface area contributed by atoms with Gasteiger partial charge in [-0.1, -0.05) is 0 Å². The highest BCUT2D eigenvalue weighted by Gasteiger charge is 2.05. The lowest BCUT2D eigenvalue weighted by molar-refractivity contribution is 0.386. The Kier molecular flexibility index (Phi) is 2.45. The monoisotopic (exact) mass is 208 g/mol. The minimum Gasteiger partial charge on any atom is -0.494 e. The van der Waals surface area contributed by atoms with Crippen LogP contribution in [-0.2, 0) is 0 Å². The summed E-state index contributed by atoms with van der Waals surface area (Å²) in [7, 11) is 1.44. The van der Waals surface area contributed by atoms with Gasteiger partial charge >= 0.3 is 0 Å². The molecule has 1 heterocycles. The molecular formula is C10H7FNOS. The van der Waals surface area contributed by atoms with Crippen molar-refractivity contribution in [2.24, 2.45) is 0 Å². The van der Waals surface area contributed by atoms with Crippen LogP contribution in [0.3, 0.4) is 0 Å².